The summed E-state index contributed by atoms with van der Waals surface area (Å²) in [6.07, 6.45) is 0.768. The molecule has 2 bridgehead atoms. The van der Waals surface area contributed by atoms with Gasteiger partial charge in [0.25, 0.3) is 0 Å². The molecule has 2 heterocycles. The Bertz CT molecular complexity index is 127. The summed E-state index contributed by atoms with van der Waals surface area (Å²) in [6, 6.07) is 0. The first kappa shape index (κ1) is 6.58. The molecule has 0 aromatic rings. The van der Waals surface area contributed by atoms with Crippen molar-refractivity contribution in [3.63, 3.8) is 0 Å². The van der Waals surface area contributed by atoms with Gasteiger partial charge in [0.05, 0.1) is 18.8 Å². The zero-order valence-corrected chi connectivity index (χ0v) is 5.99. The second-order valence-corrected chi connectivity index (χ2v) is 3.07. The second-order valence-electron chi connectivity index (χ2n) is 3.07. The molecule has 3 unspecified atom stereocenters. The Morgan fingerprint density at radius 2 is 2.30 bits per heavy atom. The monoisotopic (exact) mass is 143 g/mol. The van der Waals surface area contributed by atoms with Gasteiger partial charge in [-0.15, -0.1) is 0 Å². The van der Waals surface area contributed by atoms with Crippen LogP contribution in [0, 0.1) is 0 Å². The fraction of sp³-hybridized carbons (Fsp3) is 1.00. The highest BCUT2D eigenvalue weighted by Crippen LogP contribution is 2.17. The third-order valence-corrected chi connectivity index (χ3v) is 2.35. The predicted octanol–water partition coefficient (Wildman–Crippen LogP) is -0.548. The van der Waals surface area contributed by atoms with E-state index in [0.29, 0.717) is 0 Å². The fourth-order valence-corrected chi connectivity index (χ4v) is 1.67. The highest BCUT2D eigenvalue weighted by molar-refractivity contribution is 4.83. The minimum atomic E-state index is -0.212. The third-order valence-electron chi connectivity index (χ3n) is 2.35. The summed E-state index contributed by atoms with van der Waals surface area (Å²) in [5, 5.41) is 9.37. The summed E-state index contributed by atoms with van der Waals surface area (Å²) < 4.78 is 5.37. The van der Waals surface area contributed by atoms with Crippen LogP contribution in [-0.4, -0.2) is 48.5 Å². The van der Waals surface area contributed by atoms with Crippen molar-refractivity contribution < 1.29 is 9.84 Å². The van der Waals surface area contributed by atoms with Crippen molar-refractivity contribution in [2.24, 2.45) is 0 Å². The SMILES string of the molecule is OC1CCN2CCOC1C2. The Labute approximate surface area is 60.6 Å². The largest absolute Gasteiger partial charge is 0.390 e. The second kappa shape index (κ2) is 2.49. The van der Waals surface area contributed by atoms with Crippen LogP contribution in [0.2, 0.25) is 0 Å². The number of piperidine rings is 1. The van der Waals surface area contributed by atoms with Gasteiger partial charge in [-0.05, 0) is 6.42 Å². The molecule has 0 radical (unpaired) electrons. The van der Waals surface area contributed by atoms with Crippen LogP contribution in [0.15, 0.2) is 0 Å². The number of morpholine rings is 1. The third kappa shape index (κ3) is 1.05. The smallest absolute Gasteiger partial charge is 0.0961 e. The number of hydrogen-bond acceptors (Lipinski definition) is 3. The Kier molecular flexibility index (Phi) is 1.64. The molecule has 2 fully saturated rings. The molecular formula is C7H13NO2. The Balaban J connectivity index is 2.00. The number of hydrogen-bond donors (Lipinski definition) is 1. The van der Waals surface area contributed by atoms with Crippen molar-refractivity contribution in [2.45, 2.75) is 18.6 Å². The first-order valence-corrected chi connectivity index (χ1v) is 3.88. The molecule has 58 valence electrons. The maximum Gasteiger partial charge on any atom is 0.0961 e. The predicted molar refractivity (Wildman–Crippen MR) is 36.8 cm³/mol. The van der Waals surface area contributed by atoms with Gasteiger partial charge in [-0.3, -0.25) is 4.90 Å². The van der Waals surface area contributed by atoms with Gasteiger partial charge in [-0.2, -0.15) is 0 Å². The molecule has 0 aromatic carbocycles. The molecule has 0 aliphatic carbocycles. The van der Waals surface area contributed by atoms with Crippen molar-refractivity contribution in [1.29, 1.82) is 0 Å². The molecule has 2 saturated heterocycles. The summed E-state index contributed by atoms with van der Waals surface area (Å²) in [7, 11) is 0. The van der Waals surface area contributed by atoms with Gasteiger partial charge in [0.2, 0.25) is 0 Å². The molecule has 0 amide bonds. The molecule has 10 heavy (non-hydrogen) atoms. The van der Waals surface area contributed by atoms with Crippen LogP contribution < -0.4 is 0 Å². The van der Waals surface area contributed by atoms with E-state index in [1.54, 1.807) is 0 Å². The van der Waals surface area contributed by atoms with Crippen molar-refractivity contribution in [3.05, 3.63) is 0 Å². The lowest BCUT2D eigenvalue weighted by atomic mass is 10.0. The van der Waals surface area contributed by atoms with Gasteiger partial charge in [0.15, 0.2) is 0 Å². The van der Waals surface area contributed by atoms with E-state index in [-0.39, 0.29) is 12.2 Å². The number of aliphatic hydroxyl groups is 1. The van der Waals surface area contributed by atoms with Crippen LogP contribution in [0.4, 0.5) is 0 Å². The maximum atomic E-state index is 9.37. The lowest BCUT2D eigenvalue weighted by Gasteiger charge is -2.40. The zero-order valence-electron chi connectivity index (χ0n) is 5.99. The van der Waals surface area contributed by atoms with Crippen LogP contribution in [0.25, 0.3) is 0 Å². The van der Waals surface area contributed by atoms with E-state index in [4.69, 9.17) is 4.74 Å². The van der Waals surface area contributed by atoms with Crippen LogP contribution in [0.5, 0.6) is 0 Å². The van der Waals surface area contributed by atoms with Crippen molar-refractivity contribution in [3.8, 4) is 0 Å². The summed E-state index contributed by atoms with van der Waals surface area (Å²) in [6.45, 7) is 3.81. The van der Waals surface area contributed by atoms with Gasteiger partial charge in [-0.1, -0.05) is 0 Å². The fourth-order valence-electron chi connectivity index (χ4n) is 1.67. The van der Waals surface area contributed by atoms with Crippen LogP contribution >= 0.6 is 0 Å². The van der Waals surface area contributed by atoms with E-state index in [9.17, 15) is 5.11 Å². The molecule has 0 saturated carbocycles. The Hall–Kier alpha value is -0.120. The van der Waals surface area contributed by atoms with E-state index < -0.39 is 0 Å². The van der Waals surface area contributed by atoms with Crippen LogP contribution in [-0.2, 0) is 4.74 Å². The van der Waals surface area contributed by atoms with Crippen LogP contribution in [0.3, 0.4) is 0 Å². The van der Waals surface area contributed by atoms with Crippen LogP contribution in [0.1, 0.15) is 6.42 Å². The standard InChI is InChI=1S/C7H13NO2/c9-6-1-2-8-3-4-10-7(6)5-8/h6-7,9H,1-5H2. The summed E-state index contributed by atoms with van der Waals surface area (Å²) in [5.74, 6) is 0. The van der Waals surface area contributed by atoms with Gasteiger partial charge in [0.1, 0.15) is 0 Å². The zero-order chi connectivity index (χ0) is 6.97. The van der Waals surface area contributed by atoms with E-state index in [2.05, 4.69) is 4.90 Å². The van der Waals surface area contributed by atoms with Crippen molar-refractivity contribution in [2.75, 3.05) is 26.2 Å². The van der Waals surface area contributed by atoms with Crippen molar-refractivity contribution >= 4 is 0 Å². The van der Waals surface area contributed by atoms with Gasteiger partial charge in [0, 0.05) is 19.6 Å². The molecule has 0 spiro atoms. The number of ether oxygens (including phenoxy) is 1. The van der Waals surface area contributed by atoms with Crippen molar-refractivity contribution in [1.82, 2.24) is 4.90 Å². The normalized spacial score (nSPS) is 47.1. The topological polar surface area (TPSA) is 32.7 Å². The first-order chi connectivity index (χ1) is 4.86. The average molecular weight is 143 g/mol. The molecule has 0 aromatic heterocycles. The molecule has 1 N–H and O–H groups in total. The number of fused-ring (bicyclic) bond motifs is 2. The molecule has 2 aliphatic rings. The summed E-state index contributed by atoms with van der Waals surface area (Å²) in [5.41, 5.74) is 0. The summed E-state index contributed by atoms with van der Waals surface area (Å²) in [4.78, 5) is 2.35. The molecule has 2 rings (SSSR count). The van der Waals surface area contributed by atoms with E-state index in [0.717, 1.165) is 32.7 Å². The quantitative estimate of drug-likeness (QED) is 0.494. The average Bonchev–Trinajstić information content (AvgIpc) is 1.99. The molecule has 3 atom stereocenters. The van der Waals surface area contributed by atoms with Gasteiger partial charge < -0.3 is 9.84 Å². The molecule has 3 heteroatoms. The number of rotatable bonds is 0. The highest BCUT2D eigenvalue weighted by Gasteiger charge is 2.31. The van der Waals surface area contributed by atoms with Gasteiger partial charge in [-0.25, -0.2) is 0 Å². The molecule has 3 nitrogen and oxygen atoms in total. The maximum absolute atomic E-state index is 9.37. The Morgan fingerprint density at radius 3 is 3.10 bits per heavy atom. The lowest BCUT2D eigenvalue weighted by Crippen LogP contribution is -2.53. The lowest BCUT2D eigenvalue weighted by molar-refractivity contribution is -0.117. The minimum absolute atomic E-state index is 0.0995. The van der Waals surface area contributed by atoms with Gasteiger partial charge >= 0.3 is 0 Å². The number of nitrogens with zero attached hydrogens (tertiary/aromatic N) is 1. The molecular weight excluding hydrogens is 130 g/mol. The Morgan fingerprint density at radius 1 is 1.40 bits per heavy atom. The van der Waals surface area contributed by atoms with E-state index in [1.165, 1.54) is 0 Å². The summed E-state index contributed by atoms with van der Waals surface area (Å²) >= 11 is 0. The van der Waals surface area contributed by atoms with E-state index in [1.807, 2.05) is 0 Å². The number of aliphatic hydroxyl groups excluding tert-OH is 1. The molecule has 2 aliphatic heterocycles. The minimum Gasteiger partial charge on any atom is -0.390 e. The highest BCUT2D eigenvalue weighted by atomic mass is 16.5. The first-order valence-electron chi connectivity index (χ1n) is 3.88. The van der Waals surface area contributed by atoms with E-state index >= 15 is 0 Å².